The van der Waals surface area contributed by atoms with Gasteiger partial charge in [-0.1, -0.05) is 18.2 Å². The van der Waals surface area contributed by atoms with Crippen LogP contribution in [0.25, 0.3) is 0 Å². The van der Waals surface area contributed by atoms with Gasteiger partial charge in [-0.15, -0.1) is 0 Å². The minimum Gasteiger partial charge on any atom is -0.494 e. The van der Waals surface area contributed by atoms with E-state index in [1.165, 1.54) is 0 Å². The van der Waals surface area contributed by atoms with Crippen molar-refractivity contribution in [2.75, 3.05) is 6.61 Å². The van der Waals surface area contributed by atoms with Crippen molar-refractivity contribution in [3.63, 3.8) is 0 Å². The van der Waals surface area contributed by atoms with Crippen molar-refractivity contribution in [1.82, 2.24) is 4.90 Å². The topological polar surface area (TPSA) is 87.1 Å². The van der Waals surface area contributed by atoms with Gasteiger partial charge in [0.2, 0.25) is 0 Å². The summed E-state index contributed by atoms with van der Waals surface area (Å²) in [5, 5.41) is 17.5. The highest BCUT2D eigenvalue weighted by molar-refractivity contribution is 5.85. The molecule has 0 aromatic heterocycles. The lowest BCUT2D eigenvalue weighted by Crippen LogP contribution is -2.33. The van der Waals surface area contributed by atoms with Crippen LogP contribution in [0, 0.1) is 0 Å². The van der Waals surface area contributed by atoms with Crippen LogP contribution in [0.15, 0.2) is 24.3 Å². The van der Waals surface area contributed by atoms with Crippen LogP contribution in [0.5, 0.6) is 5.75 Å². The predicted octanol–water partition coefficient (Wildman–Crippen LogP) is 2.24. The summed E-state index contributed by atoms with van der Waals surface area (Å²) in [7, 11) is 0. The van der Waals surface area contributed by atoms with Crippen LogP contribution >= 0.6 is 0 Å². The second-order valence-electron chi connectivity index (χ2n) is 3.19. The summed E-state index contributed by atoms with van der Waals surface area (Å²) in [4.78, 5) is 21.7. The number of rotatable bonds is 4. The van der Waals surface area contributed by atoms with Gasteiger partial charge < -0.3 is 14.9 Å². The highest BCUT2D eigenvalue weighted by atomic mass is 16.5. The van der Waals surface area contributed by atoms with E-state index in [1.54, 1.807) is 31.2 Å². The number of amides is 2. The molecule has 0 aliphatic rings. The first-order valence-electron chi connectivity index (χ1n) is 5.00. The molecule has 0 heterocycles. The standard InChI is InChI=1S/C11H13NO5/c1-2-17-9-6-4-3-5-8(9)7-12(10(13)14)11(15)16/h3-6H,2,7H2,1H3,(H,13,14)(H,15,16). The smallest absolute Gasteiger partial charge is 0.417 e. The number of para-hydroxylation sites is 1. The van der Waals surface area contributed by atoms with Crippen molar-refractivity contribution in [3.8, 4) is 5.75 Å². The SMILES string of the molecule is CCOc1ccccc1CN(C(=O)O)C(=O)O. The first-order chi connectivity index (χ1) is 8.06. The van der Waals surface area contributed by atoms with Crippen molar-refractivity contribution in [1.29, 1.82) is 0 Å². The number of imide groups is 1. The predicted molar refractivity (Wildman–Crippen MR) is 59.2 cm³/mol. The van der Waals surface area contributed by atoms with Crippen LogP contribution in [0.1, 0.15) is 12.5 Å². The maximum Gasteiger partial charge on any atom is 0.417 e. The van der Waals surface area contributed by atoms with Crippen LogP contribution in [-0.2, 0) is 6.54 Å². The lowest BCUT2D eigenvalue weighted by atomic mass is 10.2. The summed E-state index contributed by atoms with van der Waals surface area (Å²) in [5.41, 5.74) is 0.513. The number of carbonyl (C=O) groups is 2. The van der Waals surface area contributed by atoms with Gasteiger partial charge in [-0.2, -0.15) is 0 Å². The Balaban J connectivity index is 2.92. The van der Waals surface area contributed by atoms with Crippen LogP contribution in [0.2, 0.25) is 0 Å². The molecule has 6 heteroatoms. The molecule has 0 aliphatic carbocycles. The van der Waals surface area contributed by atoms with E-state index in [2.05, 4.69) is 0 Å². The zero-order chi connectivity index (χ0) is 12.8. The van der Waals surface area contributed by atoms with Gasteiger partial charge >= 0.3 is 12.2 Å². The molecule has 2 amide bonds. The molecule has 2 N–H and O–H groups in total. The highest BCUT2D eigenvalue weighted by Gasteiger charge is 2.21. The molecule has 1 aromatic rings. The maximum absolute atomic E-state index is 10.7. The summed E-state index contributed by atoms with van der Waals surface area (Å²) in [5.74, 6) is 0.488. The average molecular weight is 239 g/mol. The van der Waals surface area contributed by atoms with Gasteiger partial charge in [-0.3, -0.25) is 0 Å². The summed E-state index contributed by atoms with van der Waals surface area (Å²) in [6.45, 7) is 1.97. The zero-order valence-corrected chi connectivity index (χ0v) is 9.29. The lowest BCUT2D eigenvalue weighted by molar-refractivity contribution is 0.120. The number of ether oxygens (including phenoxy) is 1. The molecule has 0 bridgehead atoms. The van der Waals surface area contributed by atoms with E-state index in [0.29, 0.717) is 22.8 Å². The van der Waals surface area contributed by atoms with Crippen LogP contribution in [-0.4, -0.2) is 33.9 Å². The Labute approximate surface area is 98.0 Å². The Bertz CT molecular complexity index is 404. The minimum absolute atomic E-state index is 0.249. The van der Waals surface area contributed by atoms with Gasteiger partial charge in [-0.25, -0.2) is 14.5 Å². The number of nitrogens with zero attached hydrogens (tertiary/aromatic N) is 1. The third-order valence-corrected chi connectivity index (χ3v) is 2.06. The lowest BCUT2D eigenvalue weighted by Gasteiger charge is -2.15. The number of hydrogen-bond donors (Lipinski definition) is 2. The highest BCUT2D eigenvalue weighted by Crippen LogP contribution is 2.19. The van der Waals surface area contributed by atoms with Crippen LogP contribution in [0.3, 0.4) is 0 Å². The van der Waals surface area contributed by atoms with Crippen molar-refractivity contribution < 1.29 is 24.5 Å². The van der Waals surface area contributed by atoms with Gasteiger partial charge in [-0.05, 0) is 13.0 Å². The second-order valence-corrected chi connectivity index (χ2v) is 3.19. The van der Waals surface area contributed by atoms with E-state index in [1.807, 2.05) is 0 Å². The molecule has 0 aliphatic heterocycles. The molecule has 0 fully saturated rings. The Hall–Kier alpha value is -2.24. The molecule has 0 unspecified atom stereocenters. The molecule has 17 heavy (non-hydrogen) atoms. The quantitative estimate of drug-likeness (QED) is 0.841. The molecule has 0 atom stereocenters. The van der Waals surface area contributed by atoms with Gasteiger partial charge in [0, 0.05) is 5.56 Å². The fourth-order valence-electron chi connectivity index (χ4n) is 1.32. The third kappa shape index (κ3) is 3.37. The Morgan fingerprint density at radius 2 is 1.82 bits per heavy atom. The summed E-state index contributed by atoms with van der Waals surface area (Å²) in [6.07, 6.45) is -3.02. The molecule has 1 aromatic carbocycles. The minimum atomic E-state index is -1.51. The van der Waals surface area contributed by atoms with E-state index < -0.39 is 12.2 Å². The molecular weight excluding hydrogens is 226 g/mol. The molecule has 92 valence electrons. The monoisotopic (exact) mass is 239 g/mol. The van der Waals surface area contributed by atoms with Gasteiger partial charge in [0.05, 0.1) is 13.2 Å². The largest absolute Gasteiger partial charge is 0.494 e. The summed E-state index contributed by atoms with van der Waals surface area (Å²) >= 11 is 0. The van der Waals surface area contributed by atoms with E-state index in [0.717, 1.165) is 0 Å². The second kappa shape index (κ2) is 5.74. The van der Waals surface area contributed by atoms with Gasteiger partial charge in [0.15, 0.2) is 0 Å². The molecule has 6 nitrogen and oxygen atoms in total. The Kier molecular flexibility index (Phi) is 4.33. The molecule has 0 saturated heterocycles. The van der Waals surface area contributed by atoms with Crippen molar-refractivity contribution in [2.45, 2.75) is 13.5 Å². The molecule has 0 radical (unpaired) electrons. The van der Waals surface area contributed by atoms with Gasteiger partial charge in [0.1, 0.15) is 5.75 Å². The third-order valence-electron chi connectivity index (χ3n) is 2.06. The van der Waals surface area contributed by atoms with Crippen LogP contribution in [0.4, 0.5) is 9.59 Å². The first-order valence-corrected chi connectivity index (χ1v) is 5.00. The zero-order valence-electron chi connectivity index (χ0n) is 9.29. The Morgan fingerprint density at radius 3 is 2.35 bits per heavy atom. The number of carboxylic acid groups (broad SMARTS) is 2. The van der Waals surface area contributed by atoms with Gasteiger partial charge in [0.25, 0.3) is 0 Å². The summed E-state index contributed by atoms with van der Waals surface area (Å²) < 4.78 is 5.28. The molecule has 1 rings (SSSR count). The van der Waals surface area contributed by atoms with E-state index in [-0.39, 0.29) is 6.54 Å². The normalized spacial score (nSPS) is 9.71. The fraction of sp³-hybridized carbons (Fsp3) is 0.273. The van der Waals surface area contributed by atoms with E-state index >= 15 is 0 Å². The van der Waals surface area contributed by atoms with Crippen LogP contribution < -0.4 is 4.74 Å². The molecule has 0 saturated carbocycles. The maximum atomic E-state index is 10.7. The van der Waals surface area contributed by atoms with Crippen molar-refractivity contribution in [2.24, 2.45) is 0 Å². The molecular formula is C11H13NO5. The van der Waals surface area contributed by atoms with Crippen molar-refractivity contribution in [3.05, 3.63) is 29.8 Å². The molecule has 0 spiro atoms. The van der Waals surface area contributed by atoms with Crippen molar-refractivity contribution >= 4 is 12.2 Å². The first kappa shape index (κ1) is 12.8. The summed E-state index contributed by atoms with van der Waals surface area (Å²) in [6, 6.07) is 6.73. The average Bonchev–Trinajstić information content (AvgIpc) is 2.27. The number of benzene rings is 1. The fourth-order valence-corrected chi connectivity index (χ4v) is 1.32. The Morgan fingerprint density at radius 1 is 1.24 bits per heavy atom. The van der Waals surface area contributed by atoms with E-state index in [4.69, 9.17) is 14.9 Å². The van der Waals surface area contributed by atoms with E-state index in [9.17, 15) is 9.59 Å². The number of hydrogen-bond acceptors (Lipinski definition) is 3.